The first-order valence-electron chi connectivity index (χ1n) is 9.27. The molecular weight excluding hydrogens is 451 g/mol. The number of rotatable bonds is 4. The normalized spacial score (nSPS) is 12.3. The fourth-order valence-corrected chi connectivity index (χ4v) is 4.24. The molecule has 1 aliphatic rings. The highest BCUT2D eigenvalue weighted by molar-refractivity contribution is 7.81. The largest absolute Gasteiger partial charge is 0.504 e. The number of aromatic nitrogens is 1. The van der Waals surface area contributed by atoms with Crippen molar-refractivity contribution in [1.82, 2.24) is 4.57 Å². The van der Waals surface area contributed by atoms with Gasteiger partial charge in [-0.2, -0.15) is 13.2 Å². The number of thiophene rings is 1. The number of phenolic OH excluding ortho intramolecular Hbond substituents is 1. The number of alkyl halides is 3. The van der Waals surface area contributed by atoms with Gasteiger partial charge >= 0.3 is 11.5 Å². The third kappa shape index (κ3) is 5.19. The fraction of sp³-hybridized carbons (Fsp3) is 0.286. The van der Waals surface area contributed by atoms with E-state index in [0.717, 1.165) is 33.7 Å². The van der Waals surface area contributed by atoms with Gasteiger partial charge in [0, 0.05) is 22.5 Å². The Bertz CT molecular complexity index is 1070. The number of fused-ring (bicyclic) bond motifs is 3. The highest BCUT2D eigenvalue weighted by Gasteiger charge is 2.28. The molecule has 0 spiro atoms. The maximum atomic E-state index is 12.5. The number of hydrogen-bond donors (Lipinski definition) is 2. The van der Waals surface area contributed by atoms with Crippen molar-refractivity contribution in [2.24, 2.45) is 0 Å². The van der Waals surface area contributed by atoms with Gasteiger partial charge in [0.1, 0.15) is 5.69 Å². The highest BCUT2D eigenvalue weighted by Crippen LogP contribution is 2.44. The zero-order valence-corrected chi connectivity index (χ0v) is 18.4. The lowest BCUT2D eigenvalue weighted by Crippen LogP contribution is -2.17. The van der Waals surface area contributed by atoms with Gasteiger partial charge in [-0.05, 0) is 48.6 Å². The van der Waals surface area contributed by atoms with Gasteiger partial charge in [0.25, 0.3) is 0 Å². The highest BCUT2D eigenvalue weighted by atomic mass is 32.1. The Morgan fingerprint density at radius 2 is 2.00 bits per heavy atom. The van der Waals surface area contributed by atoms with Crippen LogP contribution in [0.4, 0.5) is 13.2 Å². The average Bonchev–Trinajstić information content (AvgIpc) is 3.34. The lowest BCUT2D eigenvalue weighted by Gasteiger charge is -2.23. The Morgan fingerprint density at radius 1 is 1.29 bits per heavy atom. The number of carbonyl (C=O) groups is 1. The van der Waals surface area contributed by atoms with Crippen molar-refractivity contribution in [3.05, 3.63) is 47.0 Å². The number of esters is 1. The number of methoxy groups -OCH3 is 1. The number of halogens is 3. The minimum Gasteiger partial charge on any atom is -0.504 e. The van der Waals surface area contributed by atoms with Crippen LogP contribution in [0, 0.1) is 0 Å². The van der Waals surface area contributed by atoms with E-state index >= 15 is 0 Å². The lowest BCUT2D eigenvalue weighted by molar-refractivity contribution is -0.0303. The molecule has 10 heteroatoms. The number of nitrogens with zero attached hydrogens (tertiary/aromatic N) is 1. The summed E-state index contributed by atoms with van der Waals surface area (Å²) in [6, 6.07) is 9.53. The minimum absolute atomic E-state index is 0.0933. The number of benzene rings is 1. The summed E-state index contributed by atoms with van der Waals surface area (Å²) in [6.45, 7) is 2.82. The molecule has 3 heterocycles. The molecule has 5 nitrogen and oxygen atoms in total. The smallest absolute Gasteiger partial charge is 0.438 e. The molecule has 1 N–H and O–H groups in total. The van der Waals surface area contributed by atoms with Crippen LogP contribution in [0.5, 0.6) is 11.5 Å². The van der Waals surface area contributed by atoms with E-state index in [1.165, 1.54) is 0 Å². The molecule has 4 rings (SSSR count). The van der Waals surface area contributed by atoms with Crippen molar-refractivity contribution < 1.29 is 32.5 Å². The van der Waals surface area contributed by atoms with Crippen molar-refractivity contribution in [1.29, 1.82) is 0 Å². The minimum atomic E-state index is -4.31. The maximum Gasteiger partial charge on any atom is 0.438 e. The standard InChI is InChI=1S/C20H19NO4S.CHF3S/c1-3-25-20(23)15-10-14(18-5-4-8-26-18)19-13-11-16(22)17(24-2)9-12(13)6-7-21(15)19;2-1(3,4)5/h4-5,8-11,22H,3,6-7H2,1-2H3;5H. The predicted octanol–water partition coefficient (Wildman–Crippen LogP) is 5.77. The first-order valence-corrected chi connectivity index (χ1v) is 10.6. The van der Waals surface area contributed by atoms with E-state index < -0.39 is 5.51 Å². The quantitative estimate of drug-likeness (QED) is 0.375. The predicted molar refractivity (Wildman–Crippen MR) is 116 cm³/mol. The first-order chi connectivity index (χ1) is 14.6. The number of aromatic hydroxyl groups is 1. The molecule has 0 radical (unpaired) electrons. The van der Waals surface area contributed by atoms with Crippen LogP contribution in [0.25, 0.3) is 21.7 Å². The molecule has 2 aromatic heterocycles. The molecule has 1 aliphatic heterocycles. The summed E-state index contributed by atoms with van der Waals surface area (Å²) in [5.41, 5.74) is 0.182. The summed E-state index contributed by atoms with van der Waals surface area (Å²) < 4.78 is 43.2. The Morgan fingerprint density at radius 3 is 2.58 bits per heavy atom. The molecule has 0 amide bonds. The summed E-state index contributed by atoms with van der Waals surface area (Å²) >= 11 is 3.74. The molecular formula is C21H20F3NO4S2. The van der Waals surface area contributed by atoms with Crippen molar-refractivity contribution in [3.63, 3.8) is 0 Å². The Labute approximate surface area is 186 Å². The second kappa shape index (κ2) is 9.27. The van der Waals surface area contributed by atoms with Crippen LogP contribution in [0.3, 0.4) is 0 Å². The number of ether oxygens (including phenoxy) is 2. The number of aryl methyl sites for hydroxylation is 1. The van der Waals surface area contributed by atoms with Crippen LogP contribution in [-0.4, -0.2) is 34.9 Å². The zero-order chi connectivity index (χ0) is 22.8. The number of phenols is 1. The molecule has 0 atom stereocenters. The summed E-state index contributed by atoms with van der Waals surface area (Å²) in [6.07, 6.45) is 0.754. The summed E-state index contributed by atoms with van der Waals surface area (Å²) in [4.78, 5) is 13.5. The van der Waals surface area contributed by atoms with E-state index in [9.17, 15) is 23.1 Å². The molecule has 3 aromatic rings. The van der Waals surface area contributed by atoms with E-state index in [4.69, 9.17) is 9.47 Å². The molecule has 0 bridgehead atoms. The third-order valence-electron chi connectivity index (χ3n) is 4.63. The summed E-state index contributed by atoms with van der Waals surface area (Å²) in [5.74, 6) is 0.237. The van der Waals surface area contributed by atoms with Crippen LogP contribution in [-0.2, 0) is 17.7 Å². The Kier molecular flexibility index (Phi) is 6.90. The van der Waals surface area contributed by atoms with Gasteiger partial charge < -0.3 is 19.1 Å². The van der Waals surface area contributed by atoms with Gasteiger partial charge in [0.2, 0.25) is 0 Å². The van der Waals surface area contributed by atoms with E-state index in [1.54, 1.807) is 31.4 Å². The van der Waals surface area contributed by atoms with Gasteiger partial charge in [0.05, 0.1) is 19.4 Å². The van der Waals surface area contributed by atoms with E-state index in [0.29, 0.717) is 24.6 Å². The molecule has 0 aliphatic carbocycles. The molecule has 31 heavy (non-hydrogen) atoms. The van der Waals surface area contributed by atoms with Gasteiger partial charge in [-0.25, -0.2) is 4.79 Å². The summed E-state index contributed by atoms with van der Waals surface area (Å²) in [5, 5.41) is 12.3. The van der Waals surface area contributed by atoms with E-state index in [2.05, 4.69) is 12.6 Å². The molecule has 0 saturated heterocycles. The van der Waals surface area contributed by atoms with Crippen molar-refractivity contribution in [2.45, 2.75) is 25.4 Å². The zero-order valence-electron chi connectivity index (χ0n) is 16.7. The third-order valence-corrected chi connectivity index (χ3v) is 5.54. The van der Waals surface area contributed by atoms with E-state index in [-0.39, 0.29) is 11.7 Å². The molecule has 1 aromatic carbocycles. The van der Waals surface area contributed by atoms with Crippen molar-refractivity contribution >= 4 is 29.9 Å². The number of hydrogen-bond acceptors (Lipinski definition) is 6. The Hall–Kier alpha value is -2.59. The second-order valence-electron chi connectivity index (χ2n) is 6.54. The van der Waals surface area contributed by atoms with Gasteiger partial charge in [-0.3, -0.25) is 0 Å². The van der Waals surface area contributed by atoms with Gasteiger partial charge in [0.15, 0.2) is 11.5 Å². The monoisotopic (exact) mass is 471 g/mol. The molecule has 0 fully saturated rings. The Balaban J connectivity index is 0.000000491. The van der Waals surface area contributed by atoms with Crippen LogP contribution in [0.15, 0.2) is 35.7 Å². The summed E-state index contributed by atoms with van der Waals surface area (Å²) in [7, 11) is 1.54. The molecule has 166 valence electrons. The number of thiol groups is 1. The maximum absolute atomic E-state index is 12.5. The number of carbonyl (C=O) groups excluding carboxylic acids is 1. The van der Waals surface area contributed by atoms with Crippen molar-refractivity contribution in [2.75, 3.05) is 13.7 Å². The SMILES string of the molecule is CCOC(=O)c1cc(-c2cccs2)c2n1CCc1cc(OC)c(O)cc1-2.FC(F)(F)S. The lowest BCUT2D eigenvalue weighted by atomic mass is 9.95. The average molecular weight is 472 g/mol. The van der Waals surface area contributed by atoms with E-state index in [1.807, 2.05) is 34.2 Å². The first kappa shape index (κ1) is 23.1. The van der Waals surface area contributed by atoms with Crippen LogP contribution >= 0.6 is 24.0 Å². The van der Waals surface area contributed by atoms with Gasteiger partial charge in [-0.1, -0.05) is 18.7 Å². The van der Waals surface area contributed by atoms with Crippen molar-refractivity contribution in [3.8, 4) is 33.2 Å². The van der Waals surface area contributed by atoms with Gasteiger partial charge in [-0.15, -0.1) is 11.3 Å². The fourth-order valence-electron chi connectivity index (χ4n) is 3.50. The second-order valence-corrected chi connectivity index (χ2v) is 8.00. The van der Waals surface area contributed by atoms with Crippen LogP contribution < -0.4 is 4.74 Å². The van der Waals surface area contributed by atoms with Crippen LogP contribution in [0.2, 0.25) is 0 Å². The topological polar surface area (TPSA) is 60.7 Å². The molecule has 0 unspecified atom stereocenters. The molecule has 0 saturated carbocycles. The van der Waals surface area contributed by atoms with Crippen LogP contribution in [0.1, 0.15) is 23.0 Å².